The van der Waals surface area contributed by atoms with Gasteiger partial charge in [0.25, 0.3) is 5.91 Å². The highest BCUT2D eigenvalue weighted by atomic mass is 32.1. The van der Waals surface area contributed by atoms with E-state index in [0.717, 1.165) is 11.3 Å². The summed E-state index contributed by atoms with van der Waals surface area (Å²) in [4.78, 5) is 36.8. The molecule has 33 heavy (non-hydrogen) atoms. The van der Waals surface area contributed by atoms with Crippen LogP contribution in [0, 0.1) is 5.82 Å². The molecule has 2 heterocycles. The van der Waals surface area contributed by atoms with E-state index in [-0.39, 0.29) is 23.9 Å². The van der Waals surface area contributed by atoms with E-state index in [4.69, 9.17) is 0 Å². The molecule has 0 bridgehead atoms. The second-order valence-corrected chi connectivity index (χ2v) is 8.19. The molecule has 4 rings (SSSR count). The van der Waals surface area contributed by atoms with Crippen molar-refractivity contribution in [1.29, 1.82) is 0 Å². The van der Waals surface area contributed by atoms with Crippen molar-refractivity contribution in [1.82, 2.24) is 20.3 Å². The summed E-state index contributed by atoms with van der Waals surface area (Å²) < 4.78 is 13.8. The van der Waals surface area contributed by atoms with Crippen molar-refractivity contribution in [2.75, 3.05) is 5.32 Å². The molecule has 0 spiro atoms. The number of nitrogens with zero attached hydrogens (tertiary/aromatic N) is 2. The van der Waals surface area contributed by atoms with Gasteiger partial charge in [-0.1, -0.05) is 49.4 Å². The van der Waals surface area contributed by atoms with Gasteiger partial charge in [-0.15, -0.1) is 11.3 Å². The second-order valence-electron chi connectivity index (χ2n) is 7.33. The predicted molar refractivity (Wildman–Crippen MR) is 125 cm³/mol. The van der Waals surface area contributed by atoms with Crippen LogP contribution in [0.5, 0.6) is 0 Å². The Balaban J connectivity index is 1.36. The molecule has 0 saturated carbocycles. The molecule has 2 aromatic carbocycles. The van der Waals surface area contributed by atoms with Crippen LogP contribution in [0.3, 0.4) is 0 Å². The van der Waals surface area contributed by atoms with Gasteiger partial charge in [0, 0.05) is 5.38 Å². The lowest BCUT2D eigenvalue weighted by molar-refractivity contribution is -0.121. The number of aromatic nitrogens is 3. The maximum Gasteiger partial charge on any atom is 0.260 e. The maximum absolute atomic E-state index is 13.8. The molecular weight excluding hydrogens is 441 g/mol. The van der Waals surface area contributed by atoms with Gasteiger partial charge < -0.3 is 10.3 Å². The van der Waals surface area contributed by atoms with Gasteiger partial charge in [0.1, 0.15) is 11.6 Å². The third-order valence-corrected chi connectivity index (χ3v) is 5.79. The first-order chi connectivity index (χ1) is 16.0. The molecule has 0 fully saturated rings. The van der Waals surface area contributed by atoms with Crippen molar-refractivity contribution in [2.45, 2.75) is 25.8 Å². The Morgan fingerprint density at radius 1 is 1.12 bits per heavy atom. The molecule has 1 unspecified atom stereocenters. The van der Waals surface area contributed by atoms with Crippen LogP contribution in [-0.4, -0.2) is 26.8 Å². The van der Waals surface area contributed by atoms with Crippen LogP contribution in [0.4, 0.5) is 9.52 Å². The standard InChI is InChI=1S/C24H22FN5O2S/c1-2-19(22-26-13-20(29-22)15-8-4-3-5-9-15)28-21(31)12-16-14-33-24(27-16)30-23(32)17-10-6-7-11-18(17)25/h3-11,13-14,19H,2,12H2,1H3,(H,26,29)(H,28,31)(H,27,30,32). The number of H-pyrrole nitrogens is 1. The molecule has 0 aliphatic heterocycles. The third-order valence-electron chi connectivity index (χ3n) is 4.99. The van der Waals surface area contributed by atoms with Crippen LogP contribution in [-0.2, 0) is 11.2 Å². The number of amides is 2. The highest BCUT2D eigenvalue weighted by molar-refractivity contribution is 7.14. The number of carbonyl (C=O) groups is 2. The van der Waals surface area contributed by atoms with Crippen LogP contribution in [0.2, 0.25) is 0 Å². The molecular formula is C24H22FN5O2S. The van der Waals surface area contributed by atoms with Gasteiger partial charge in [-0.25, -0.2) is 14.4 Å². The molecule has 4 aromatic rings. The summed E-state index contributed by atoms with van der Waals surface area (Å²) in [6, 6.07) is 15.3. The van der Waals surface area contributed by atoms with Crippen LogP contribution in [0.15, 0.2) is 66.2 Å². The zero-order valence-corrected chi connectivity index (χ0v) is 18.7. The van der Waals surface area contributed by atoms with Gasteiger partial charge in [0.05, 0.1) is 35.6 Å². The number of halogens is 1. The summed E-state index contributed by atoms with van der Waals surface area (Å²) in [5.41, 5.74) is 2.35. The van der Waals surface area contributed by atoms with E-state index in [1.165, 1.54) is 29.5 Å². The third kappa shape index (κ3) is 5.50. The minimum atomic E-state index is -0.606. The average molecular weight is 464 g/mol. The van der Waals surface area contributed by atoms with Crippen molar-refractivity contribution in [3.05, 3.63) is 89.1 Å². The molecule has 3 N–H and O–H groups in total. The fourth-order valence-electron chi connectivity index (χ4n) is 3.31. The molecule has 0 saturated heterocycles. The van der Waals surface area contributed by atoms with Crippen molar-refractivity contribution in [3.8, 4) is 11.3 Å². The lowest BCUT2D eigenvalue weighted by atomic mass is 10.2. The van der Waals surface area contributed by atoms with Gasteiger partial charge in [0.2, 0.25) is 5.91 Å². The number of anilines is 1. The first-order valence-electron chi connectivity index (χ1n) is 10.4. The monoisotopic (exact) mass is 463 g/mol. The van der Waals surface area contributed by atoms with Crippen LogP contribution >= 0.6 is 11.3 Å². The van der Waals surface area contributed by atoms with Crippen LogP contribution in [0.25, 0.3) is 11.3 Å². The second kappa shape index (κ2) is 10.2. The number of rotatable bonds is 8. The predicted octanol–water partition coefficient (Wildman–Crippen LogP) is 4.73. The number of thiazole rings is 1. The smallest absolute Gasteiger partial charge is 0.260 e. The minimum Gasteiger partial charge on any atom is -0.346 e. The highest BCUT2D eigenvalue weighted by Crippen LogP contribution is 2.21. The molecule has 2 aromatic heterocycles. The average Bonchev–Trinajstić information content (AvgIpc) is 3.48. The molecule has 7 nitrogen and oxygen atoms in total. The van der Waals surface area contributed by atoms with E-state index in [1.54, 1.807) is 17.6 Å². The Morgan fingerprint density at radius 2 is 1.88 bits per heavy atom. The molecule has 2 amide bonds. The lowest BCUT2D eigenvalue weighted by Crippen LogP contribution is -2.30. The largest absolute Gasteiger partial charge is 0.346 e. The van der Waals surface area contributed by atoms with E-state index in [0.29, 0.717) is 23.1 Å². The zero-order valence-electron chi connectivity index (χ0n) is 17.8. The normalized spacial score (nSPS) is 11.7. The lowest BCUT2D eigenvalue weighted by Gasteiger charge is -2.14. The van der Waals surface area contributed by atoms with E-state index in [2.05, 4.69) is 25.6 Å². The van der Waals surface area contributed by atoms with E-state index >= 15 is 0 Å². The first kappa shape index (κ1) is 22.3. The topological polar surface area (TPSA) is 99.8 Å². The number of nitrogens with one attached hydrogen (secondary N) is 3. The number of imidazole rings is 1. The van der Waals surface area contributed by atoms with Gasteiger partial charge in [-0.05, 0) is 24.1 Å². The van der Waals surface area contributed by atoms with Gasteiger partial charge in [-0.2, -0.15) is 0 Å². The molecule has 9 heteroatoms. The van der Waals surface area contributed by atoms with Crippen molar-refractivity contribution >= 4 is 28.3 Å². The highest BCUT2D eigenvalue weighted by Gasteiger charge is 2.18. The Bertz CT molecular complexity index is 1250. The van der Waals surface area contributed by atoms with E-state index in [1.807, 2.05) is 37.3 Å². The quantitative estimate of drug-likeness (QED) is 0.352. The van der Waals surface area contributed by atoms with Crippen molar-refractivity contribution in [2.24, 2.45) is 0 Å². The number of benzene rings is 2. The zero-order chi connectivity index (χ0) is 23.2. The Hall–Kier alpha value is -3.85. The number of aromatic amines is 1. The Morgan fingerprint density at radius 3 is 2.64 bits per heavy atom. The Labute approximate surface area is 194 Å². The van der Waals surface area contributed by atoms with Crippen LogP contribution < -0.4 is 10.6 Å². The van der Waals surface area contributed by atoms with Crippen LogP contribution in [0.1, 0.15) is 41.3 Å². The fraction of sp³-hybridized carbons (Fsp3) is 0.167. The van der Waals surface area contributed by atoms with Gasteiger partial charge in [0.15, 0.2) is 5.13 Å². The number of carbonyl (C=O) groups excluding carboxylic acids is 2. The maximum atomic E-state index is 13.8. The SMILES string of the molecule is CCC(NC(=O)Cc1csc(NC(=O)c2ccccc2F)n1)c1ncc(-c2ccccc2)[nH]1. The summed E-state index contributed by atoms with van der Waals surface area (Å²) >= 11 is 1.18. The van der Waals surface area contributed by atoms with Gasteiger partial charge >= 0.3 is 0 Å². The van der Waals surface area contributed by atoms with E-state index < -0.39 is 11.7 Å². The summed E-state index contributed by atoms with van der Waals surface area (Å²) in [5, 5.41) is 7.54. The summed E-state index contributed by atoms with van der Waals surface area (Å²) in [6.07, 6.45) is 2.47. The number of hydrogen-bond acceptors (Lipinski definition) is 5. The summed E-state index contributed by atoms with van der Waals surface area (Å²) in [5.74, 6) is -0.723. The molecule has 168 valence electrons. The Kier molecular flexibility index (Phi) is 6.89. The molecule has 0 aliphatic carbocycles. The number of hydrogen-bond donors (Lipinski definition) is 3. The first-order valence-corrected chi connectivity index (χ1v) is 11.3. The molecule has 0 aliphatic rings. The van der Waals surface area contributed by atoms with Gasteiger partial charge in [-0.3, -0.25) is 14.9 Å². The minimum absolute atomic E-state index is 0.0504. The van der Waals surface area contributed by atoms with Crippen molar-refractivity contribution < 1.29 is 14.0 Å². The fourth-order valence-corrected chi connectivity index (χ4v) is 4.01. The molecule has 0 radical (unpaired) electrons. The van der Waals surface area contributed by atoms with E-state index in [9.17, 15) is 14.0 Å². The summed E-state index contributed by atoms with van der Waals surface area (Å²) in [6.45, 7) is 1.97. The molecule has 1 atom stereocenters. The van der Waals surface area contributed by atoms with Crippen molar-refractivity contribution in [3.63, 3.8) is 0 Å². The summed E-state index contributed by atoms with van der Waals surface area (Å²) in [7, 11) is 0.